The van der Waals surface area contributed by atoms with E-state index in [1.165, 1.54) is 0 Å². The lowest BCUT2D eigenvalue weighted by Crippen LogP contribution is -2.30. The van der Waals surface area contributed by atoms with E-state index in [2.05, 4.69) is 10.2 Å². The van der Waals surface area contributed by atoms with Crippen molar-refractivity contribution < 1.29 is 13.2 Å². The standard InChI is InChI=1S/C7H7ClF2N2O/c1-6(9,10)7(2-3-7)4-11-12-5(8)13-4/h2-3H2,1H3. The number of rotatable bonds is 2. The molecule has 2 rings (SSSR count). The molecule has 0 aromatic carbocycles. The van der Waals surface area contributed by atoms with Gasteiger partial charge in [0.05, 0.1) is 0 Å². The van der Waals surface area contributed by atoms with Crippen LogP contribution in [0.1, 0.15) is 25.7 Å². The van der Waals surface area contributed by atoms with Crippen molar-refractivity contribution in [2.75, 3.05) is 0 Å². The third kappa shape index (κ3) is 1.22. The molecule has 0 N–H and O–H groups in total. The van der Waals surface area contributed by atoms with E-state index in [9.17, 15) is 8.78 Å². The van der Waals surface area contributed by atoms with Gasteiger partial charge in [-0.3, -0.25) is 0 Å². The van der Waals surface area contributed by atoms with Crippen LogP contribution in [0.15, 0.2) is 4.42 Å². The van der Waals surface area contributed by atoms with Crippen LogP contribution in [0.2, 0.25) is 5.35 Å². The highest BCUT2D eigenvalue weighted by atomic mass is 35.5. The minimum atomic E-state index is -2.83. The second-order valence-electron chi connectivity index (χ2n) is 3.33. The SMILES string of the molecule is CC(F)(F)C1(c2nnc(Cl)o2)CC1. The van der Waals surface area contributed by atoms with E-state index in [1.807, 2.05) is 0 Å². The maximum absolute atomic E-state index is 13.1. The van der Waals surface area contributed by atoms with Crippen molar-refractivity contribution in [2.45, 2.75) is 31.1 Å². The number of aromatic nitrogens is 2. The van der Waals surface area contributed by atoms with E-state index < -0.39 is 11.3 Å². The van der Waals surface area contributed by atoms with Crippen LogP contribution in [0.5, 0.6) is 0 Å². The third-order valence-corrected chi connectivity index (χ3v) is 2.55. The van der Waals surface area contributed by atoms with Gasteiger partial charge in [-0.05, 0) is 24.4 Å². The topological polar surface area (TPSA) is 38.9 Å². The summed E-state index contributed by atoms with van der Waals surface area (Å²) >= 11 is 5.36. The Morgan fingerprint density at radius 1 is 1.46 bits per heavy atom. The lowest BCUT2D eigenvalue weighted by atomic mass is 10.00. The van der Waals surface area contributed by atoms with Crippen molar-refractivity contribution in [3.8, 4) is 0 Å². The van der Waals surface area contributed by atoms with Gasteiger partial charge in [-0.15, -0.1) is 5.10 Å². The van der Waals surface area contributed by atoms with E-state index in [0.29, 0.717) is 12.8 Å². The van der Waals surface area contributed by atoms with Crippen LogP contribution in [-0.2, 0) is 5.41 Å². The second kappa shape index (κ2) is 2.41. The molecule has 1 aliphatic carbocycles. The van der Waals surface area contributed by atoms with E-state index in [-0.39, 0.29) is 11.2 Å². The zero-order valence-electron chi connectivity index (χ0n) is 6.85. The summed E-state index contributed by atoms with van der Waals surface area (Å²) in [5, 5.41) is 6.65. The molecule has 13 heavy (non-hydrogen) atoms. The fourth-order valence-corrected chi connectivity index (χ4v) is 1.48. The maximum atomic E-state index is 13.1. The van der Waals surface area contributed by atoms with Crippen LogP contribution in [-0.4, -0.2) is 16.1 Å². The van der Waals surface area contributed by atoms with Gasteiger partial charge in [-0.2, -0.15) is 0 Å². The molecule has 1 aromatic rings. The third-order valence-electron chi connectivity index (χ3n) is 2.40. The predicted octanol–water partition coefficient (Wildman–Crippen LogP) is 2.41. The van der Waals surface area contributed by atoms with Crippen LogP contribution < -0.4 is 0 Å². The molecule has 0 atom stereocenters. The van der Waals surface area contributed by atoms with Gasteiger partial charge in [0.2, 0.25) is 5.89 Å². The highest BCUT2D eigenvalue weighted by molar-refractivity contribution is 6.27. The molecule has 0 bridgehead atoms. The molecule has 1 saturated carbocycles. The Bertz CT molecular complexity index is 329. The normalized spacial score (nSPS) is 20.3. The highest BCUT2D eigenvalue weighted by Gasteiger charge is 2.64. The number of nitrogens with zero attached hydrogens (tertiary/aromatic N) is 2. The van der Waals surface area contributed by atoms with E-state index in [0.717, 1.165) is 6.92 Å². The Balaban J connectivity index is 2.36. The molecule has 0 radical (unpaired) electrons. The Hall–Kier alpha value is -0.710. The predicted molar refractivity (Wildman–Crippen MR) is 40.8 cm³/mol. The van der Waals surface area contributed by atoms with Crippen LogP contribution in [0.25, 0.3) is 0 Å². The summed E-state index contributed by atoms with van der Waals surface area (Å²) in [6.07, 6.45) is 0.740. The van der Waals surface area contributed by atoms with Crippen molar-refractivity contribution in [3.63, 3.8) is 0 Å². The summed E-state index contributed by atoms with van der Waals surface area (Å²) in [7, 11) is 0. The fraction of sp³-hybridized carbons (Fsp3) is 0.714. The zero-order chi connectivity index (χ0) is 9.69. The molecule has 0 saturated heterocycles. The number of halogens is 3. The minimum Gasteiger partial charge on any atom is -0.411 e. The smallest absolute Gasteiger partial charge is 0.312 e. The molecule has 0 amide bonds. The van der Waals surface area contributed by atoms with Gasteiger partial charge in [0.1, 0.15) is 5.41 Å². The van der Waals surface area contributed by atoms with Crippen molar-refractivity contribution >= 4 is 11.6 Å². The van der Waals surface area contributed by atoms with Gasteiger partial charge in [0, 0.05) is 6.92 Å². The van der Waals surface area contributed by atoms with Crippen molar-refractivity contribution in [1.29, 1.82) is 0 Å². The summed E-state index contributed by atoms with van der Waals surface area (Å²) < 4.78 is 31.0. The Morgan fingerprint density at radius 3 is 2.38 bits per heavy atom. The largest absolute Gasteiger partial charge is 0.411 e. The monoisotopic (exact) mass is 208 g/mol. The Morgan fingerprint density at radius 2 is 2.08 bits per heavy atom. The average Bonchev–Trinajstić information content (AvgIpc) is 2.70. The van der Waals surface area contributed by atoms with Gasteiger partial charge in [-0.1, -0.05) is 5.10 Å². The Kier molecular flexibility index (Phi) is 1.64. The van der Waals surface area contributed by atoms with Crippen LogP contribution >= 0.6 is 11.6 Å². The lowest BCUT2D eigenvalue weighted by molar-refractivity contribution is -0.0287. The quantitative estimate of drug-likeness (QED) is 0.749. The van der Waals surface area contributed by atoms with Gasteiger partial charge < -0.3 is 4.42 Å². The summed E-state index contributed by atoms with van der Waals surface area (Å²) in [6.45, 7) is 0.859. The molecule has 1 heterocycles. The molecule has 6 heteroatoms. The van der Waals surface area contributed by atoms with Crippen molar-refractivity contribution in [1.82, 2.24) is 10.2 Å². The average molecular weight is 209 g/mol. The number of alkyl halides is 2. The van der Waals surface area contributed by atoms with Crippen molar-refractivity contribution in [2.24, 2.45) is 0 Å². The first-order valence-electron chi connectivity index (χ1n) is 3.83. The summed E-state index contributed by atoms with van der Waals surface area (Å²) in [5.41, 5.74) is -1.26. The molecule has 72 valence electrons. The number of hydrogen-bond acceptors (Lipinski definition) is 3. The van der Waals surface area contributed by atoms with Gasteiger partial charge in [-0.25, -0.2) is 8.78 Å². The molecule has 1 fully saturated rings. The summed E-state index contributed by atoms with van der Waals surface area (Å²) in [4.78, 5) is 0. The van der Waals surface area contributed by atoms with Gasteiger partial charge >= 0.3 is 5.35 Å². The minimum absolute atomic E-state index is 0.0509. The first kappa shape index (κ1) is 8.87. The number of hydrogen-bond donors (Lipinski definition) is 0. The highest BCUT2D eigenvalue weighted by Crippen LogP contribution is 2.57. The van der Waals surface area contributed by atoms with Crippen LogP contribution in [0.4, 0.5) is 8.78 Å². The van der Waals surface area contributed by atoms with Crippen LogP contribution in [0, 0.1) is 0 Å². The Labute approximate surface area is 78.1 Å². The van der Waals surface area contributed by atoms with Crippen LogP contribution in [0.3, 0.4) is 0 Å². The maximum Gasteiger partial charge on any atom is 0.312 e. The molecule has 0 spiro atoms. The van der Waals surface area contributed by atoms with Crippen molar-refractivity contribution in [3.05, 3.63) is 11.2 Å². The first-order chi connectivity index (χ1) is 5.96. The first-order valence-corrected chi connectivity index (χ1v) is 4.21. The molecule has 0 aliphatic heterocycles. The van der Waals surface area contributed by atoms with E-state index in [1.54, 1.807) is 0 Å². The van der Waals surface area contributed by atoms with Gasteiger partial charge in [0.15, 0.2) is 0 Å². The zero-order valence-corrected chi connectivity index (χ0v) is 7.61. The molecule has 3 nitrogen and oxygen atoms in total. The molecular weight excluding hydrogens is 202 g/mol. The lowest BCUT2D eigenvalue weighted by Gasteiger charge is -2.18. The molecule has 0 unspecified atom stereocenters. The second-order valence-corrected chi connectivity index (χ2v) is 3.65. The summed E-state index contributed by atoms with van der Waals surface area (Å²) in [5.74, 6) is -2.88. The molecule has 1 aromatic heterocycles. The fourth-order valence-electron chi connectivity index (χ4n) is 1.36. The molecular formula is C7H7ClF2N2O. The van der Waals surface area contributed by atoms with E-state index >= 15 is 0 Å². The van der Waals surface area contributed by atoms with E-state index in [4.69, 9.17) is 16.0 Å². The summed E-state index contributed by atoms with van der Waals surface area (Å²) in [6, 6.07) is 0. The van der Waals surface area contributed by atoms with Gasteiger partial charge in [0.25, 0.3) is 5.92 Å². The molecule has 1 aliphatic rings.